The van der Waals surface area contributed by atoms with Gasteiger partial charge in [0.05, 0.1) is 6.20 Å². The van der Waals surface area contributed by atoms with E-state index in [-0.39, 0.29) is 16.7 Å². The molecule has 0 saturated carbocycles. The summed E-state index contributed by atoms with van der Waals surface area (Å²) in [6.45, 7) is 4.00. The number of aromatic nitrogens is 2. The Hall–Kier alpha value is -1.34. The van der Waals surface area contributed by atoms with E-state index in [9.17, 15) is 0 Å². The molecule has 0 saturated heterocycles. The molecule has 0 aliphatic heterocycles. The van der Waals surface area contributed by atoms with Crippen LogP contribution in [0.3, 0.4) is 0 Å². The van der Waals surface area contributed by atoms with Crippen molar-refractivity contribution in [2.45, 2.75) is 13.8 Å². The Morgan fingerprint density at radius 2 is 2.17 bits per heavy atom. The van der Waals surface area contributed by atoms with Gasteiger partial charge in [0, 0.05) is 0 Å². The molecule has 5 heteroatoms. The summed E-state index contributed by atoms with van der Waals surface area (Å²) >= 11 is 5.48. The molecule has 0 bridgehead atoms. The molecule has 0 atom stereocenters. The lowest BCUT2D eigenvalue weighted by molar-refractivity contribution is 1.17. The van der Waals surface area contributed by atoms with E-state index in [1.165, 1.54) is 6.20 Å². The number of nitrogens with two attached hydrogens (primary N) is 1. The molecule has 0 radical (unpaired) electrons. The van der Waals surface area contributed by atoms with E-state index in [4.69, 9.17) is 22.6 Å². The summed E-state index contributed by atoms with van der Waals surface area (Å²) in [4.78, 5) is 7.12. The average molecular weight is 185 g/mol. The molecule has 12 heavy (non-hydrogen) atoms. The van der Waals surface area contributed by atoms with E-state index in [1.54, 1.807) is 0 Å². The van der Waals surface area contributed by atoms with Gasteiger partial charge in [-0.15, -0.1) is 0 Å². The minimum atomic E-state index is 0.0731. The quantitative estimate of drug-likeness (QED) is 0.622. The van der Waals surface area contributed by atoms with Crippen molar-refractivity contribution in [3.05, 3.63) is 16.9 Å². The van der Waals surface area contributed by atoms with Crippen LogP contribution in [0.25, 0.3) is 0 Å². The predicted octanol–water partition coefficient (Wildman–Crippen LogP) is 1.61. The molecular weight excluding hydrogens is 176 g/mol. The number of hydrogen-bond donors (Lipinski definition) is 1. The van der Waals surface area contributed by atoms with Gasteiger partial charge in [-0.1, -0.05) is 25.4 Å². The van der Waals surface area contributed by atoms with E-state index in [0.29, 0.717) is 0 Å². The van der Waals surface area contributed by atoms with Crippen LogP contribution in [0.4, 0.5) is 5.95 Å². The largest absolute Gasteiger partial charge is 0.368 e. The third-order valence-electron chi connectivity index (χ3n) is 0.881. The second-order valence-corrected chi connectivity index (χ2v) is 1.90. The number of nitrogens with zero attached hydrogens (tertiary/aromatic N) is 3. The fraction of sp³-hybridized carbons (Fsp3) is 0.286. The van der Waals surface area contributed by atoms with E-state index >= 15 is 0 Å². The van der Waals surface area contributed by atoms with Crippen LogP contribution in [0.1, 0.15) is 19.4 Å². The minimum absolute atomic E-state index is 0.0731. The van der Waals surface area contributed by atoms with Crippen LogP contribution < -0.4 is 5.73 Å². The number of anilines is 1. The SMILES string of the molecule is CC.N#Cc1cnc(N)nc1Cl. The van der Waals surface area contributed by atoms with Crippen molar-refractivity contribution in [1.82, 2.24) is 9.97 Å². The lowest BCUT2D eigenvalue weighted by Crippen LogP contribution is -1.95. The summed E-state index contributed by atoms with van der Waals surface area (Å²) in [6, 6.07) is 1.81. The zero-order valence-electron chi connectivity index (χ0n) is 6.87. The second-order valence-electron chi connectivity index (χ2n) is 1.54. The Balaban J connectivity index is 0.000000561. The van der Waals surface area contributed by atoms with Gasteiger partial charge in [-0.3, -0.25) is 0 Å². The maximum atomic E-state index is 8.35. The van der Waals surface area contributed by atoms with E-state index in [2.05, 4.69) is 9.97 Å². The fourth-order valence-electron chi connectivity index (χ4n) is 0.449. The molecular formula is C7H9ClN4. The van der Waals surface area contributed by atoms with Crippen molar-refractivity contribution >= 4 is 17.5 Å². The number of nitrogen functional groups attached to an aromatic ring is 1. The highest BCUT2D eigenvalue weighted by Gasteiger charge is 1.99. The fourth-order valence-corrected chi connectivity index (χ4v) is 0.626. The average Bonchev–Trinajstić information content (AvgIpc) is 2.08. The van der Waals surface area contributed by atoms with E-state index in [0.717, 1.165) is 0 Å². The summed E-state index contributed by atoms with van der Waals surface area (Å²) in [5.41, 5.74) is 5.40. The highest BCUT2D eigenvalue weighted by atomic mass is 35.5. The maximum absolute atomic E-state index is 8.35. The van der Waals surface area contributed by atoms with Gasteiger partial charge in [0.15, 0.2) is 5.15 Å². The van der Waals surface area contributed by atoms with E-state index in [1.807, 2.05) is 19.9 Å². The molecule has 0 spiro atoms. The Morgan fingerprint density at radius 1 is 1.58 bits per heavy atom. The van der Waals surface area contributed by atoms with Crippen molar-refractivity contribution < 1.29 is 0 Å². The summed E-state index contributed by atoms with van der Waals surface area (Å²) in [5.74, 6) is 0.0731. The summed E-state index contributed by atoms with van der Waals surface area (Å²) < 4.78 is 0. The molecule has 1 heterocycles. The second kappa shape index (κ2) is 5.33. The van der Waals surface area contributed by atoms with Crippen LogP contribution in [0.5, 0.6) is 0 Å². The molecule has 64 valence electrons. The molecule has 1 rings (SSSR count). The van der Waals surface area contributed by atoms with Crippen LogP contribution in [0, 0.1) is 11.3 Å². The number of hydrogen-bond acceptors (Lipinski definition) is 4. The first-order valence-electron chi connectivity index (χ1n) is 3.42. The van der Waals surface area contributed by atoms with Crippen molar-refractivity contribution in [1.29, 1.82) is 5.26 Å². The molecule has 1 aromatic heterocycles. The third kappa shape index (κ3) is 2.72. The van der Waals surface area contributed by atoms with Gasteiger partial charge in [-0.05, 0) is 0 Å². The Kier molecular flexibility index (Phi) is 4.73. The molecule has 0 aliphatic rings. The predicted molar refractivity (Wildman–Crippen MR) is 47.5 cm³/mol. The van der Waals surface area contributed by atoms with Gasteiger partial charge in [-0.25, -0.2) is 4.98 Å². The van der Waals surface area contributed by atoms with Gasteiger partial charge in [0.2, 0.25) is 5.95 Å². The molecule has 1 aromatic rings. The lowest BCUT2D eigenvalue weighted by Gasteiger charge is -1.92. The summed E-state index contributed by atoms with van der Waals surface area (Å²) in [5, 5.41) is 8.45. The molecule has 4 nitrogen and oxygen atoms in total. The normalized spacial score (nSPS) is 7.83. The topological polar surface area (TPSA) is 75.6 Å². The minimum Gasteiger partial charge on any atom is -0.368 e. The van der Waals surface area contributed by atoms with Crippen LogP contribution in [-0.2, 0) is 0 Å². The van der Waals surface area contributed by atoms with Gasteiger partial charge in [0.1, 0.15) is 11.6 Å². The Bertz CT molecular complexity index is 292. The van der Waals surface area contributed by atoms with Gasteiger partial charge in [-0.2, -0.15) is 10.2 Å². The maximum Gasteiger partial charge on any atom is 0.221 e. The Morgan fingerprint density at radius 3 is 2.58 bits per heavy atom. The van der Waals surface area contributed by atoms with Crippen LogP contribution in [0.15, 0.2) is 6.20 Å². The van der Waals surface area contributed by atoms with E-state index < -0.39 is 0 Å². The third-order valence-corrected chi connectivity index (χ3v) is 1.17. The van der Waals surface area contributed by atoms with Crippen LogP contribution in [0.2, 0.25) is 5.15 Å². The summed E-state index contributed by atoms with van der Waals surface area (Å²) in [6.07, 6.45) is 1.28. The van der Waals surface area contributed by atoms with Crippen molar-refractivity contribution in [3.8, 4) is 6.07 Å². The number of nitriles is 1. The zero-order chi connectivity index (χ0) is 9.56. The smallest absolute Gasteiger partial charge is 0.221 e. The highest BCUT2D eigenvalue weighted by Crippen LogP contribution is 2.10. The molecule has 0 amide bonds. The van der Waals surface area contributed by atoms with Gasteiger partial charge < -0.3 is 5.73 Å². The lowest BCUT2D eigenvalue weighted by atomic mass is 10.4. The van der Waals surface area contributed by atoms with Crippen molar-refractivity contribution in [2.24, 2.45) is 0 Å². The molecule has 0 aromatic carbocycles. The molecule has 0 aliphatic carbocycles. The van der Waals surface area contributed by atoms with Crippen LogP contribution >= 0.6 is 11.6 Å². The number of halogens is 1. The molecule has 2 N–H and O–H groups in total. The monoisotopic (exact) mass is 184 g/mol. The van der Waals surface area contributed by atoms with Gasteiger partial charge >= 0.3 is 0 Å². The first kappa shape index (κ1) is 10.7. The first-order chi connectivity index (χ1) is 5.74. The zero-order valence-corrected chi connectivity index (χ0v) is 7.63. The molecule has 0 unspecified atom stereocenters. The number of rotatable bonds is 0. The van der Waals surface area contributed by atoms with Crippen molar-refractivity contribution in [2.75, 3.05) is 5.73 Å². The van der Waals surface area contributed by atoms with Gasteiger partial charge in [0.25, 0.3) is 0 Å². The Labute approximate surface area is 76.0 Å². The van der Waals surface area contributed by atoms with Crippen molar-refractivity contribution in [3.63, 3.8) is 0 Å². The summed E-state index contributed by atoms with van der Waals surface area (Å²) in [7, 11) is 0. The molecule has 0 fully saturated rings. The standard InChI is InChI=1S/C5H3ClN4.C2H6/c6-4-3(1-7)2-9-5(8)10-4;1-2/h2H,(H2,8,9,10);1-2H3. The highest BCUT2D eigenvalue weighted by molar-refractivity contribution is 6.30. The van der Waals surface area contributed by atoms with Crippen LogP contribution in [-0.4, -0.2) is 9.97 Å². The first-order valence-corrected chi connectivity index (χ1v) is 3.80.